The minimum absolute atomic E-state index is 0.132. The molecule has 3 aromatic carbocycles. The summed E-state index contributed by atoms with van der Waals surface area (Å²) in [4.78, 5) is 24.2. The molecule has 0 spiro atoms. The number of hydrogen-bond acceptors (Lipinski definition) is 2. The zero-order valence-electron chi connectivity index (χ0n) is 12.8. The van der Waals surface area contributed by atoms with Gasteiger partial charge < -0.3 is 10.6 Å². The molecule has 0 saturated heterocycles. The highest BCUT2D eigenvalue weighted by atomic mass is 35.5. The molecule has 3 rings (SSSR count). The minimum Gasteiger partial charge on any atom is -0.343 e. The van der Waals surface area contributed by atoms with Crippen molar-refractivity contribution < 1.29 is 9.59 Å². The van der Waals surface area contributed by atoms with Gasteiger partial charge in [-0.3, -0.25) is 9.59 Å². The Balaban J connectivity index is 1.66. The fourth-order valence-electron chi connectivity index (χ4n) is 2.43. The number of benzene rings is 3. The van der Waals surface area contributed by atoms with Gasteiger partial charge in [0.15, 0.2) is 0 Å². The molecule has 0 aliphatic carbocycles. The van der Waals surface area contributed by atoms with Crippen molar-refractivity contribution in [3.05, 3.63) is 77.3 Å². The molecule has 0 heterocycles. The molecule has 0 radical (unpaired) electrons. The third-order valence-electron chi connectivity index (χ3n) is 3.59. The van der Waals surface area contributed by atoms with Crippen LogP contribution in [0.25, 0.3) is 10.8 Å². The standard InChI is InChI=1S/C19H15ClN2O2/c20-16-10-4-3-9-15(16)19(24)21-12-18(23)22-17-11-5-7-13-6-1-2-8-14(13)17/h1-11H,12H2,(H,21,24)(H,22,23). The van der Waals surface area contributed by atoms with Crippen LogP contribution in [0.3, 0.4) is 0 Å². The second-order valence-corrected chi connectivity index (χ2v) is 5.64. The summed E-state index contributed by atoms with van der Waals surface area (Å²) in [6, 6.07) is 20.2. The van der Waals surface area contributed by atoms with Crippen LogP contribution in [0.4, 0.5) is 5.69 Å². The summed E-state index contributed by atoms with van der Waals surface area (Å²) in [6.45, 7) is -0.132. The molecule has 0 bridgehead atoms. The molecule has 5 heteroatoms. The number of hydrogen-bond donors (Lipinski definition) is 2. The zero-order chi connectivity index (χ0) is 16.9. The third-order valence-corrected chi connectivity index (χ3v) is 3.92. The molecule has 2 amide bonds. The highest BCUT2D eigenvalue weighted by Crippen LogP contribution is 2.22. The van der Waals surface area contributed by atoms with Crippen LogP contribution < -0.4 is 10.6 Å². The number of amides is 2. The smallest absolute Gasteiger partial charge is 0.253 e. The number of carbonyl (C=O) groups is 2. The van der Waals surface area contributed by atoms with E-state index in [1.807, 2.05) is 42.5 Å². The Morgan fingerprint density at radius 1 is 0.875 bits per heavy atom. The van der Waals surface area contributed by atoms with Crippen molar-refractivity contribution in [1.29, 1.82) is 0 Å². The first-order chi connectivity index (χ1) is 11.6. The van der Waals surface area contributed by atoms with E-state index in [1.54, 1.807) is 24.3 Å². The van der Waals surface area contributed by atoms with Crippen LogP contribution in [0.1, 0.15) is 10.4 Å². The lowest BCUT2D eigenvalue weighted by molar-refractivity contribution is -0.115. The Morgan fingerprint density at radius 3 is 2.42 bits per heavy atom. The lowest BCUT2D eigenvalue weighted by Gasteiger charge is -2.10. The molecule has 0 unspecified atom stereocenters. The lowest BCUT2D eigenvalue weighted by Crippen LogP contribution is -2.33. The van der Waals surface area contributed by atoms with E-state index in [-0.39, 0.29) is 18.4 Å². The Morgan fingerprint density at radius 2 is 1.58 bits per heavy atom. The summed E-state index contributed by atoms with van der Waals surface area (Å²) in [5, 5.41) is 7.73. The van der Waals surface area contributed by atoms with Gasteiger partial charge in [0.05, 0.1) is 17.1 Å². The summed E-state index contributed by atoms with van der Waals surface area (Å²) >= 11 is 5.97. The maximum atomic E-state index is 12.1. The second-order valence-electron chi connectivity index (χ2n) is 5.24. The molecular formula is C19H15ClN2O2. The summed E-state index contributed by atoms with van der Waals surface area (Å²) in [5.74, 6) is -0.680. The van der Waals surface area contributed by atoms with E-state index in [9.17, 15) is 9.59 Å². The van der Waals surface area contributed by atoms with Gasteiger partial charge in [0.25, 0.3) is 5.91 Å². The van der Waals surface area contributed by atoms with E-state index in [0.29, 0.717) is 16.3 Å². The van der Waals surface area contributed by atoms with Crippen molar-refractivity contribution in [3.8, 4) is 0 Å². The van der Waals surface area contributed by atoms with Gasteiger partial charge in [-0.05, 0) is 23.6 Å². The van der Waals surface area contributed by atoms with E-state index in [0.717, 1.165) is 10.8 Å². The number of halogens is 1. The van der Waals surface area contributed by atoms with Crippen LogP contribution >= 0.6 is 11.6 Å². The normalized spacial score (nSPS) is 10.4. The SMILES string of the molecule is O=C(CNC(=O)c1ccccc1Cl)Nc1cccc2ccccc12. The summed E-state index contributed by atoms with van der Waals surface area (Å²) < 4.78 is 0. The van der Waals surface area contributed by atoms with Gasteiger partial charge in [-0.25, -0.2) is 0 Å². The molecule has 24 heavy (non-hydrogen) atoms. The van der Waals surface area contributed by atoms with Crippen LogP contribution in [0.2, 0.25) is 5.02 Å². The van der Waals surface area contributed by atoms with Crippen LogP contribution in [0.5, 0.6) is 0 Å². The Labute approximate surface area is 144 Å². The third kappa shape index (κ3) is 3.55. The number of carbonyl (C=O) groups excluding carboxylic acids is 2. The highest BCUT2D eigenvalue weighted by Gasteiger charge is 2.11. The Hall–Kier alpha value is -2.85. The van der Waals surface area contributed by atoms with Crippen LogP contribution in [-0.4, -0.2) is 18.4 Å². The molecule has 3 aromatic rings. The number of anilines is 1. The van der Waals surface area contributed by atoms with Gasteiger partial charge in [-0.15, -0.1) is 0 Å². The molecule has 0 aromatic heterocycles. The fourth-order valence-corrected chi connectivity index (χ4v) is 2.65. The average molecular weight is 339 g/mol. The highest BCUT2D eigenvalue weighted by molar-refractivity contribution is 6.33. The molecule has 2 N–H and O–H groups in total. The van der Waals surface area contributed by atoms with E-state index in [2.05, 4.69) is 10.6 Å². The molecule has 0 aliphatic heterocycles. The molecule has 120 valence electrons. The van der Waals surface area contributed by atoms with Crippen molar-refractivity contribution in [2.45, 2.75) is 0 Å². The average Bonchev–Trinajstić information content (AvgIpc) is 2.60. The van der Waals surface area contributed by atoms with Gasteiger partial charge >= 0.3 is 0 Å². The molecule has 0 fully saturated rings. The van der Waals surface area contributed by atoms with Gasteiger partial charge in [0.2, 0.25) is 5.91 Å². The maximum absolute atomic E-state index is 12.1. The summed E-state index contributed by atoms with van der Waals surface area (Å²) in [7, 11) is 0. The van der Waals surface area contributed by atoms with Crippen molar-refractivity contribution in [1.82, 2.24) is 5.32 Å². The molecular weight excluding hydrogens is 324 g/mol. The molecule has 0 aliphatic rings. The van der Waals surface area contributed by atoms with Gasteiger partial charge in [0.1, 0.15) is 0 Å². The zero-order valence-corrected chi connectivity index (χ0v) is 13.5. The first-order valence-electron chi connectivity index (χ1n) is 7.45. The van der Waals surface area contributed by atoms with Crippen LogP contribution in [0.15, 0.2) is 66.7 Å². The first kappa shape index (κ1) is 16.0. The van der Waals surface area contributed by atoms with Gasteiger partial charge in [0, 0.05) is 11.1 Å². The summed E-state index contributed by atoms with van der Waals surface area (Å²) in [6.07, 6.45) is 0. The monoisotopic (exact) mass is 338 g/mol. The maximum Gasteiger partial charge on any atom is 0.253 e. The minimum atomic E-state index is -0.381. The molecule has 4 nitrogen and oxygen atoms in total. The van der Waals surface area contributed by atoms with E-state index < -0.39 is 0 Å². The lowest BCUT2D eigenvalue weighted by atomic mass is 10.1. The van der Waals surface area contributed by atoms with Crippen molar-refractivity contribution in [2.24, 2.45) is 0 Å². The predicted molar refractivity (Wildman–Crippen MR) is 96.4 cm³/mol. The first-order valence-corrected chi connectivity index (χ1v) is 7.83. The largest absolute Gasteiger partial charge is 0.343 e. The van der Waals surface area contributed by atoms with Crippen LogP contribution in [0, 0.1) is 0 Å². The predicted octanol–water partition coefficient (Wildman–Crippen LogP) is 3.86. The number of rotatable bonds is 4. The number of fused-ring (bicyclic) bond motifs is 1. The van der Waals surface area contributed by atoms with Crippen LogP contribution in [-0.2, 0) is 4.79 Å². The van der Waals surface area contributed by atoms with E-state index in [4.69, 9.17) is 11.6 Å². The Kier molecular flexibility index (Phi) is 4.77. The van der Waals surface area contributed by atoms with E-state index >= 15 is 0 Å². The summed E-state index contributed by atoms with van der Waals surface area (Å²) in [5.41, 5.74) is 1.06. The quantitative estimate of drug-likeness (QED) is 0.759. The van der Waals surface area contributed by atoms with E-state index in [1.165, 1.54) is 0 Å². The second kappa shape index (κ2) is 7.15. The van der Waals surface area contributed by atoms with Crippen molar-refractivity contribution in [3.63, 3.8) is 0 Å². The number of nitrogens with one attached hydrogen (secondary N) is 2. The Bertz CT molecular complexity index is 903. The topological polar surface area (TPSA) is 58.2 Å². The molecule has 0 atom stereocenters. The van der Waals surface area contributed by atoms with Gasteiger partial charge in [-0.2, -0.15) is 0 Å². The van der Waals surface area contributed by atoms with Crippen molar-refractivity contribution in [2.75, 3.05) is 11.9 Å². The molecule has 0 saturated carbocycles. The van der Waals surface area contributed by atoms with Crippen molar-refractivity contribution >= 4 is 39.9 Å². The fraction of sp³-hybridized carbons (Fsp3) is 0.0526. The van der Waals surface area contributed by atoms with Gasteiger partial charge in [-0.1, -0.05) is 60.1 Å².